The minimum absolute atomic E-state index is 0.191. The third-order valence-corrected chi connectivity index (χ3v) is 4.35. The van der Waals surface area contributed by atoms with Crippen LogP contribution in [0.3, 0.4) is 0 Å². The quantitative estimate of drug-likeness (QED) is 0.778. The minimum atomic E-state index is -0.538. The molecule has 1 aromatic rings. The van der Waals surface area contributed by atoms with E-state index in [0.717, 1.165) is 5.69 Å². The SMILES string of the molecule is COC(=O)c1ccc(N2N=CC(C(=O)OC(C)(C)C)C2SC)cc1. The Morgan fingerprint density at radius 3 is 2.33 bits per heavy atom. The van der Waals surface area contributed by atoms with Crippen molar-refractivity contribution < 1.29 is 19.1 Å². The molecule has 0 saturated carbocycles. The summed E-state index contributed by atoms with van der Waals surface area (Å²) in [4.78, 5) is 23.9. The van der Waals surface area contributed by atoms with Crippen molar-refractivity contribution in [2.45, 2.75) is 31.7 Å². The second-order valence-electron chi connectivity index (χ2n) is 6.33. The summed E-state index contributed by atoms with van der Waals surface area (Å²) in [6.07, 6.45) is 3.54. The number of ether oxygens (including phenoxy) is 2. The molecule has 1 aliphatic heterocycles. The lowest BCUT2D eigenvalue weighted by atomic mass is 10.1. The monoisotopic (exact) mass is 350 g/mol. The van der Waals surface area contributed by atoms with Crippen molar-refractivity contribution in [2.75, 3.05) is 18.4 Å². The first kappa shape index (κ1) is 18.3. The van der Waals surface area contributed by atoms with Gasteiger partial charge in [-0.25, -0.2) is 4.79 Å². The van der Waals surface area contributed by atoms with E-state index in [2.05, 4.69) is 5.10 Å². The van der Waals surface area contributed by atoms with Crippen LogP contribution in [-0.4, -0.2) is 42.5 Å². The molecule has 0 aliphatic carbocycles. The average Bonchev–Trinajstić information content (AvgIpc) is 2.96. The molecular weight excluding hydrogens is 328 g/mol. The molecule has 6 nitrogen and oxygen atoms in total. The van der Waals surface area contributed by atoms with E-state index in [9.17, 15) is 9.59 Å². The molecule has 2 atom stereocenters. The summed E-state index contributed by atoms with van der Waals surface area (Å²) in [6, 6.07) is 6.92. The number of benzene rings is 1. The molecule has 0 bridgehead atoms. The summed E-state index contributed by atoms with van der Waals surface area (Å²) in [6.45, 7) is 5.52. The van der Waals surface area contributed by atoms with Crippen LogP contribution in [0, 0.1) is 5.92 Å². The first-order chi connectivity index (χ1) is 11.3. The van der Waals surface area contributed by atoms with Crippen molar-refractivity contribution >= 4 is 35.6 Å². The molecule has 0 radical (unpaired) electrons. The molecule has 130 valence electrons. The molecule has 2 unspecified atom stereocenters. The third-order valence-electron chi connectivity index (χ3n) is 3.37. The number of anilines is 1. The van der Waals surface area contributed by atoms with Crippen molar-refractivity contribution in [2.24, 2.45) is 11.0 Å². The van der Waals surface area contributed by atoms with Gasteiger partial charge in [0.25, 0.3) is 0 Å². The molecule has 0 aromatic heterocycles. The molecule has 24 heavy (non-hydrogen) atoms. The maximum atomic E-state index is 12.4. The molecule has 1 aromatic carbocycles. The van der Waals surface area contributed by atoms with Gasteiger partial charge < -0.3 is 9.47 Å². The van der Waals surface area contributed by atoms with Crippen molar-refractivity contribution in [3.63, 3.8) is 0 Å². The van der Waals surface area contributed by atoms with Gasteiger partial charge in [0.05, 0.1) is 18.4 Å². The van der Waals surface area contributed by atoms with E-state index < -0.39 is 11.5 Å². The van der Waals surface area contributed by atoms with Gasteiger partial charge in [-0.2, -0.15) is 5.10 Å². The summed E-state index contributed by atoms with van der Waals surface area (Å²) in [5.41, 5.74) is 0.724. The van der Waals surface area contributed by atoms with E-state index >= 15 is 0 Å². The van der Waals surface area contributed by atoms with Gasteiger partial charge in [0.15, 0.2) is 0 Å². The van der Waals surface area contributed by atoms with Crippen molar-refractivity contribution in [1.82, 2.24) is 0 Å². The number of carbonyl (C=O) groups is 2. The highest BCUT2D eigenvalue weighted by atomic mass is 32.2. The normalized spacial score (nSPS) is 20.1. The molecule has 2 rings (SSSR count). The Morgan fingerprint density at radius 2 is 1.83 bits per heavy atom. The molecule has 0 fully saturated rings. The summed E-state index contributed by atoms with van der Waals surface area (Å²) in [5, 5.41) is 5.93. The Kier molecular flexibility index (Phi) is 5.54. The maximum Gasteiger partial charge on any atom is 0.337 e. The van der Waals surface area contributed by atoms with Crippen molar-refractivity contribution in [3.8, 4) is 0 Å². The summed E-state index contributed by atoms with van der Waals surface area (Å²) in [5.74, 6) is -1.13. The topological polar surface area (TPSA) is 68.2 Å². The number of carbonyl (C=O) groups excluding carboxylic acids is 2. The number of nitrogens with zero attached hydrogens (tertiary/aromatic N) is 2. The number of hydrogen-bond acceptors (Lipinski definition) is 7. The van der Waals surface area contributed by atoms with Crippen molar-refractivity contribution in [3.05, 3.63) is 29.8 Å². The van der Waals surface area contributed by atoms with Gasteiger partial charge in [0.1, 0.15) is 16.9 Å². The average molecular weight is 350 g/mol. The highest BCUT2D eigenvalue weighted by molar-refractivity contribution is 7.99. The second kappa shape index (κ2) is 7.25. The van der Waals surface area contributed by atoms with Crippen LogP contribution in [0.25, 0.3) is 0 Å². The number of thioether (sulfide) groups is 1. The van der Waals surface area contributed by atoms with Crippen molar-refractivity contribution in [1.29, 1.82) is 0 Å². The van der Waals surface area contributed by atoms with Crippen LogP contribution in [0.5, 0.6) is 0 Å². The predicted molar refractivity (Wildman–Crippen MR) is 95.4 cm³/mol. The van der Waals surface area contributed by atoms with Crippen LogP contribution in [-0.2, 0) is 14.3 Å². The van der Waals surface area contributed by atoms with Gasteiger partial charge in [-0.15, -0.1) is 11.8 Å². The van der Waals surface area contributed by atoms with Gasteiger partial charge in [-0.3, -0.25) is 9.80 Å². The zero-order valence-corrected chi connectivity index (χ0v) is 15.3. The Bertz CT molecular complexity index is 637. The van der Waals surface area contributed by atoms with Crippen LogP contribution < -0.4 is 5.01 Å². The van der Waals surface area contributed by atoms with Crippen LogP contribution in [0.1, 0.15) is 31.1 Å². The lowest BCUT2D eigenvalue weighted by Crippen LogP contribution is -2.37. The zero-order chi connectivity index (χ0) is 17.9. The fraction of sp³-hybridized carbons (Fsp3) is 0.471. The molecule has 7 heteroatoms. The molecule has 1 heterocycles. The molecule has 1 aliphatic rings. The molecular formula is C17H22N2O4S. The number of esters is 2. The predicted octanol–water partition coefficient (Wildman–Crippen LogP) is 2.93. The van der Waals surface area contributed by atoms with Crippen LogP contribution in [0.15, 0.2) is 29.4 Å². The van der Waals surface area contributed by atoms with E-state index in [0.29, 0.717) is 5.56 Å². The first-order valence-corrected chi connectivity index (χ1v) is 8.83. The molecule has 0 saturated heterocycles. The first-order valence-electron chi connectivity index (χ1n) is 7.54. The van der Waals surface area contributed by atoms with Gasteiger partial charge in [0.2, 0.25) is 0 Å². The standard InChI is InChI=1S/C17H22N2O4S/c1-17(2,3)23-16(21)13-10-18-19(14(13)24-5)12-8-6-11(7-9-12)15(20)22-4/h6-10,13-14H,1-5H3. The van der Waals surface area contributed by atoms with E-state index in [1.807, 2.05) is 27.0 Å². The Balaban J connectivity index is 2.16. The lowest BCUT2D eigenvalue weighted by Gasteiger charge is -2.27. The van der Waals surface area contributed by atoms with Crippen LogP contribution >= 0.6 is 11.8 Å². The number of rotatable bonds is 4. The fourth-order valence-corrected chi connectivity index (χ4v) is 3.16. The molecule has 0 amide bonds. The van der Waals surface area contributed by atoms with E-state index in [1.165, 1.54) is 18.9 Å². The molecule has 0 spiro atoms. The largest absolute Gasteiger partial charge is 0.465 e. The Morgan fingerprint density at radius 1 is 1.21 bits per heavy atom. The lowest BCUT2D eigenvalue weighted by molar-refractivity contribution is -0.157. The number of hydrazone groups is 1. The van der Waals surface area contributed by atoms with Crippen LogP contribution in [0.2, 0.25) is 0 Å². The Labute approximate surface area is 146 Å². The summed E-state index contributed by atoms with van der Waals surface area (Å²) < 4.78 is 10.2. The highest BCUT2D eigenvalue weighted by Gasteiger charge is 2.38. The zero-order valence-electron chi connectivity index (χ0n) is 14.5. The summed E-state index contributed by atoms with van der Waals surface area (Å²) >= 11 is 1.52. The number of methoxy groups -OCH3 is 1. The van der Waals surface area contributed by atoms with Gasteiger partial charge in [-0.1, -0.05) is 0 Å². The van der Waals surface area contributed by atoms with Crippen LogP contribution in [0.4, 0.5) is 5.69 Å². The van der Waals surface area contributed by atoms with E-state index in [1.54, 1.807) is 35.5 Å². The maximum absolute atomic E-state index is 12.4. The van der Waals surface area contributed by atoms with Gasteiger partial charge in [0, 0.05) is 6.21 Å². The number of hydrogen-bond donors (Lipinski definition) is 0. The van der Waals surface area contributed by atoms with E-state index in [4.69, 9.17) is 9.47 Å². The second-order valence-corrected chi connectivity index (χ2v) is 7.29. The summed E-state index contributed by atoms with van der Waals surface area (Å²) in [7, 11) is 1.34. The Hall–Kier alpha value is -2.02. The molecule has 0 N–H and O–H groups in total. The van der Waals surface area contributed by atoms with Gasteiger partial charge >= 0.3 is 11.9 Å². The fourth-order valence-electron chi connectivity index (χ4n) is 2.31. The van der Waals surface area contributed by atoms with E-state index in [-0.39, 0.29) is 17.3 Å². The third kappa shape index (κ3) is 4.08. The highest BCUT2D eigenvalue weighted by Crippen LogP contribution is 2.33. The van der Waals surface area contributed by atoms with Gasteiger partial charge in [-0.05, 0) is 51.3 Å². The smallest absolute Gasteiger partial charge is 0.337 e. The minimum Gasteiger partial charge on any atom is -0.465 e.